The van der Waals surface area contributed by atoms with Crippen molar-refractivity contribution in [2.45, 2.75) is 85.5 Å². The van der Waals surface area contributed by atoms with Gasteiger partial charge < -0.3 is 4.74 Å². The summed E-state index contributed by atoms with van der Waals surface area (Å²) in [7, 11) is 0. The van der Waals surface area contributed by atoms with E-state index in [-0.39, 0.29) is 5.97 Å². The number of carbonyl (C=O) groups is 1. The quantitative estimate of drug-likeness (QED) is 0.353. The molecule has 0 aromatic rings. The number of unbranched alkanes of at least 4 members (excludes halogenated alkanes) is 4. The number of ether oxygens (including phenoxy) is 1. The van der Waals surface area contributed by atoms with Crippen LogP contribution in [0.4, 0.5) is 0 Å². The largest absolute Gasteiger partial charge is 0.466 e. The number of rotatable bonds is 12. The molecule has 0 rings (SSSR count). The van der Waals surface area contributed by atoms with E-state index in [1.54, 1.807) is 0 Å². The van der Waals surface area contributed by atoms with E-state index in [0.717, 1.165) is 25.2 Å². The summed E-state index contributed by atoms with van der Waals surface area (Å²) >= 11 is 0. The lowest BCUT2D eigenvalue weighted by atomic mass is 10.0. The van der Waals surface area contributed by atoms with Crippen molar-refractivity contribution in [3.05, 3.63) is 0 Å². The van der Waals surface area contributed by atoms with Gasteiger partial charge in [0, 0.05) is 6.42 Å². The standard InChI is InChI=1S/C17H34O2/c1-15(2)11-8-6-5-7-9-13-17(18)19-14-10-12-16(3)4/h15-16H,5-14H2,1-4H3. The highest BCUT2D eigenvalue weighted by molar-refractivity contribution is 5.69. The minimum absolute atomic E-state index is 0.00839. The van der Waals surface area contributed by atoms with Crippen molar-refractivity contribution in [1.29, 1.82) is 0 Å². The average molecular weight is 270 g/mol. The maximum absolute atomic E-state index is 11.4. The third-order valence-corrected chi connectivity index (χ3v) is 3.35. The predicted octanol–water partition coefficient (Wildman–Crippen LogP) is 5.35. The summed E-state index contributed by atoms with van der Waals surface area (Å²) in [4.78, 5) is 11.4. The Balaban J connectivity index is 3.20. The second-order valence-electron chi connectivity index (χ2n) is 6.46. The van der Waals surface area contributed by atoms with E-state index < -0.39 is 0 Å². The van der Waals surface area contributed by atoms with Crippen molar-refractivity contribution in [1.82, 2.24) is 0 Å². The molecule has 19 heavy (non-hydrogen) atoms. The van der Waals surface area contributed by atoms with Crippen molar-refractivity contribution in [2.24, 2.45) is 11.8 Å². The fraction of sp³-hybridized carbons (Fsp3) is 0.941. The van der Waals surface area contributed by atoms with Crippen LogP contribution in [0.25, 0.3) is 0 Å². The van der Waals surface area contributed by atoms with E-state index in [0.29, 0.717) is 18.9 Å². The van der Waals surface area contributed by atoms with Crippen LogP contribution in [-0.2, 0) is 9.53 Å². The van der Waals surface area contributed by atoms with E-state index in [1.165, 1.54) is 32.1 Å². The molecule has 0 saturated heterocycles. The van der Waals surface area contributed by atoms with E-state index in [4.69, 9.17) is 4.74 Å². The van der Waals surface area contributed by atoms with Crippen LogP contribution in [-0.4, -0.2) is 12.6 Å². The molecule has 0 atom stereocenters. The molecule has 0 aromatic heterocycles. The van der Waals surface area contributed by atoms with Gasteiger partial charge in [0.05, 0.1) is 6.61 Å². The van der Waals surface area contributed by atoms with E-state index in [9.17, 15) is 4.79 Å². The highest BCUT2D eigenvalue weighted by Gasteiger charge is 2.03. The van der Waals surface area contributed by atoms with Crippen LogP contribution in [0.2, 0.25) is 0 Å². The molecule has 0 aliphatic heterocycles. The van der Waals surface area contributed by atoms with Gasteiger partial charge in [-0.3, -0.25) is 4.79 Å². The van der Waals surface area contributed by atoms with Crippen molar-refractivity contribution in [2.75, 3.05) is 6.61 Å². The Morgan fingerprint density at radius 2 is 1.32 bits per heavy atom. The van der Waals surface area contributed by atoms with Gasteiger partial charge in [0.25, 0.3) is 0 Å². The smallest absolute Gasteiger partial charge is 0.305 e. The molecule has 2 nitrogen and oxygen atoms in total. The summed E-state index contributed by atoms with van der Waals surface area (Å²) in [6, 6.07) is 0. The predicted molar refractivity (Wildman–Crippen MR) is 82.2 cm³/mol. The second-order valence-corrected chi connectivity index (χ2v) is 6.46. The Hall–Kier alpha value is -0.530. The molecule has 0 radical (unpaired) electrons. The minimum Gasteiger partial charge on any atom is -0.466 e. The van der Waals surface area contributed by atoms with E-state index in [1.807, 2.05) is 0 Å². The molecule has 0 N–H and O–H groups in total. The summed E-state index contributed by atoms with van der Waals surface area (Å²) < 4.78 is 5.21. The van der Waals surface area contributed by atoms with Gasteiger partial charge >= 0.3 is 5.97 Å². The number of hydrogen-bond acceptors (Lipinski definition) is 2. The Morgan fingerprint density at radius 1 is 0.789 bits per heavy atom. The molecule has 0 aromatic carbocycles. The minimum atomic E-state index is -0.00839. The van der Waals surface area contributed by atoms with Crippen LogP contribution in [0.15, 0.2) is 0 Å². The molecule has 0 amide bonds. The van der Waals surface area contributed by atoms with Gasteiger partial charge in [0.15, 0.2) is 0 Å². The molecule has 0 spiro atoms. The molecular weight excluding hydrogens is 236 g/mol. The number of hydrogen-bond donors (Lipinski definition) is 0. The van der Waals surface area contributed by atoms with Crippen molar-refractivity contribution in [3.63, 3.8) is 0 Å². The first kappa shape index (κ1) is 18.5. The Kier molecular flexibility index (Phi) is 12.2. The lowest BCUT2D eigenvalue weighted by Gasteiger charge is -2.07. The van der Waals surface area contributed by atoms with Gasteiger partial charge in [-0.15, -0.1) is 0 Å². The maximum Gasteiger partial charge on any atom is 0.305 e. The fourth-order valence-corrected chi connectivity index (χ4v) is 2.10. The van der Waals surface area contributed by atoms with Gasteiger partial charge in [0.1, 0.15) is 0 Å². The van der Waals surface area contributed by atoms with Gasteiger partial charge in [-0.25, -0.2) is 0 Å². The normalized spacial score (nSPS) is 11.3. The van der Waals surface area contributed by atoms with E-state index in [2.05, 4.69) is 27.7 Å². The summed E-state index contributed by atoms with van der Waals surface area (Å²) in [6.45, 7) is 9.54. The zero-order chi connectivity index (χ0) is 14.5. The molecule has 0 aliphatic rings. The Bertz CT molecular complexity index is 209. The first-order chi connectivity index (χ1) is 9.02. The first-order valence-electron chi connectivity index (χ1n) is 8.18. The van der Waals surface area contributed by atoms with Crippen LogP contribution in [0.3, 0.4) is 0 Å². The Labute approximate surface area is 120 Å². The number of carbonyl (C=O) groups excluding carboxylic acids is 1. The molecule has 114 valence electrons. The molecular formula is C17H34O2. The zero-order valence-electron chi connectivity index (χ0n) is 13.5. The second kappa shape index (κ2) is 12.5. The molecule has 0 unspecified atom stereocenters. The van der Waals surface area contributed by atoms with Gasteiger partial charge in [-0.1, -0.05) is 59.8 Å². The van der Waals surface area contributed by atoms with Crippen LogP contribution in [0.5, 0.6) is 0 Å². The maximum atomic E-state index is 11.4. The summed E-state index contributed by atoms with van der Waals surface area (Å²) in [6.07, 6.45) is 10.1. The lowest BCUT2D eigenvalue weighted by Crippen LogP contribution is -2.06. The first-order valence-corrected chi connectivity index (χ1v) is 8.18. The van der Waals surface area contributed by atoms with Crippen molar-refractivity contribution < 1.29 is 9.53 Å². The molecule has 0 saturated carbocycles. The van der Waals surface area contributed by atoms with Crippen LogP contribution in [0.1, 0.15) is 85.5 Å². The topological polar surface area (TPSA) is 26.3 Å². The van der Waals surface area contributed by atoms with Crippen molar-refractivity contribution >= 4 is 5.97 Å². The fourth-order valence-electron chi connectivity index (χ4n) is 2.10. The third kappa shape index (κ3) is 15.4. The molecule has 0 bridgehead atoms. The van der Waals surface area contributed by atoms with Gasteiger partial charge in [-0.2, -0.15) is 0 Å². The highest BCUT2D eigenvalue weighted by atomic mass is 16.5. The van der Waals surface area contributed by atoms with Crippen LogP contribution >= 0.6 is 0 Å². The highest BCUT2D eigenvalue weighted by Crippen LogP contribution is 2.11. The van der Waals surface area contributed by atoms with Gasteiger partial charge in [0.2, 0.25) is 0 Å². The lowest BCUT2D eigenvalue weighted by molar-refractivity contribution is -0.143. The van der Waals surface area contributed by atoms with Crippen molar-refractivity contribution in [3.8, 4) is 0 Å². The SMILES string of the molecule is CC(C)CCCCCCCC(=O)OCCCC(C)C. The monoisotopic (exact) mass is 270 g/mol. The zero-order valence-corrected chi connectivity index (χ0v) is 13.5. The summed E-state index contributed by atoms with van der Waals surface area (Å²) in [5.74, 6) is 1.51. The summed E-state index contributed by atoms with van der Waals surface area (Å²) in [5.41, 5.74) is 0. The van der Waals surface area contributed by atoms with Gasteiger partial charge in [-0.05, 0) is 31.1 Å². The molecule has 0 heterocycles. The van der Waals surface area contributed by atoms with Crippen LogP contribution in [0, 0.1) is 11.8 Å². The average Bonchev–Trinajstić information content (AvgIpc) is 2.33. The number of esters is 1. The molecule has 0 fully saturated rings. The molecule has 2 heteroatoms. The van der Waals surface area contributed by atoms with Crippen LogP contribution < -0.4 is 0 Å². The third-order valence-electron chi connectivity index (χ3n) is 3.35. The Morgan fingerprint density at radius 3 is 1.95 bits per heavy atom. The summed E-state index contributed by atoms with van der Waals surface area (Å²) in [5, 5.41) is 0. The molecule has 0 aliphatic carbocycles. The van der Waals surface area contributed by atoms with E-state index >= 15 is 0 Å².